The van der Waals surface area contributed by atoms with E-state index in [0.717, 1.165) is 6.42 Å². The van der Waals surface area contributed by atoms with Crippen LogP contribution in [-0.2, 0) is 9.59 Å². The summed E-state index contributed by atoms with van der Waals surface area (Å²) in [6.07, 6.45) is 1.59. The second-order valence-corrected chi connectivity index (χ2v) is 5.86. The minimum Gasteiger partial charge on any atom is -0.481 e. The summed E-state index contributed by atoms with van der Waals surface area (Å²) in [6, 6.07) is -0.338. The third-order valence-corrected chi connectivity index (χ3v) is 4.02. The first-order valence-electron chi connectivity index (χ1n) is 7.10. The minimum absolute atomic E-state index is 0.00135. The molecule has 0 spiro atoms. The standard InChI is InChI=1S/C14H26N2O3/c1-9(2)5-7-15-13(17)11(4)16-8-6-12(10(16)3)14(18)19/h9-12H,5-8H2,1-4H3,(H,15,17)(H,18,19). The molecule has 0 aromatic heterocycles. The fraction of sp³-hybridized carbons (Fsp3) is 0.857. The average molecular weight is 270 g/mol. The Balaban J connectivity index is 2.47. The fourth-order valence-corrected chi connectivity index (χ4v) is 2.62. The number of likely N-dealkylation sites (tertiary alicyclic amines) is 1. The van der Waals surface area contributed by atoms with Crippen molar-refractivity contribution in [1.29, 1.82) is 0 Å². The molecule has 0 bridgehead atoms. The number of carboxylic acid groups (broad SMARTS) is 1. The number of hydrogen-bond donors (Lipinski definition) is 2. The first kappa shape index (κ1) is 16.0. The molecule has 0 saturated carbocycles. The van der Waals surface area contributed by atoms with Gasteiger partial charge in [-0.1, -0.05) is 13.8 Å². The molecule has 0 aromatic rings. The summed E-state index contributed by atoms with van der Waals surface area (Å²) in [5, 5.41) is 12.0. The molecule has 1 amide bonds. The van der Waals surface area contributed by atoms with E-state index in [2.05, 4.69) is 19.2 Å². The maximum atomic E-state index is 12.0. The van der Waals surface area contributed by atoms with Gasteiger partial charge in [-0.3, -0.25) is 14.5 Å². The number of carbonyl (C=O) groups excluding carboxylic acids is 1. The Morgan fingerprint density at radius 2 is 2.00 bits per heavy atom. The van der Waals surface area contributed by atoms with E-state index in [4.69, 9.17) is 5.11 Å². The van der Waals surface area contributed by atoms with Crippen LogP contribution in [0.15, 0.2) is 0 Å². The number of amides is 1. The molecule has 1 aliphatic rings. The largest absolute Gasteiger partial charge is 0.481 e. The van der Waals surface area contributed by atoms with Crippen molar-refractivity contribution in [2.45, 2.75) is 52.6 Å². The van der Waals surface area contributed by atoms with Crippen molar-refractivity contribution in [2.75, 3.05) is 13.1 Å². The van der Waals surface area contributed by atoms with Crippen LogP contribution in [0, 0.1) is 11.8 Å². The Kier molecular flexibility index (Phi) is 5.79. The zero-order valence-corrected chi connectivity index (χ0v) is 12.3. The third kappa shape index (κ3) is 4.20. The van der Waals surface area contributed by atoms with Gasteiger partial charge in [0, 0.05) is 19.1 Å². The number of hydrogen-bond acceptors (Lipinski definition) is 3. The van der Waals surface area contributed by atoms with Gasteiger partial charge in [0.2, 0.25) is 5.91 Å². The van der Waals surface area contributed by atoms with E-state index in [-0.39, 0.29) is 23.9 Å². The lowest BCUT2D eigenvalue weighted by Gasteiger charge is -2.28. The Hall–Kier alpha value is -1.10. The molecule has 3 unspecified atom stereocenters. The van der Waals surface area contributed by atoms with Crippen molar-refractivity contribution in [3.63, 3.8) is 0 Å². The predicted molar refractivity (Wildman–Crippen MR) is 73.8 cm³/mol. The summed E-state index contributed by atoms with van der Waals surface area (Å²) < 4.78 is 0. The van der Waals surface area contributed by atoms with E-state index in [1.807, 2.05) is 18.7 Å². The smallest absolute Gasteiger partial charge is 0.308 e. The van der Waals surface area contributed by atoms with Crippen molar-refractivity contribution in [1.82, 2.24) is 10.2 Å². The molecule has 3 atom stereocenters. The van der Waals surface area contributed by atoms with Crippen molar-refractivity contribution in [3.8, 4) is 0 Å². The van der Waals surface area contributed by atoms with Crippen LogP contribution < -0.4 is 5.32 Å². The molecular formula is C14H26N2O3. The SMILES string of the molecule is CC(C)CCNC(=O)C(C)N1CCC(C(=O)O)C1C. The predicted octanol–water partition coefficient (Wildman–Crippen LogP) is 1.33. The molecule has 1 rings (SSSR count). The Morgan fingerprint density at radius 1 is 1.37 bits per heavy atom. The molecule has 1 aliphatic heterocycles. The van der Waals surface area contributed by atoms with Gasteiger partial charge in [0.25, 0.3) is 0 Å². The van der Waals surface area contributed by atoms with Gasteiger partial charge in [0.05, 0.1) is 12.0 Å². The summed E-state index contributed by atoms with van der Waals surface area (Å²) >= 11 is 0. The van der Waals surface area contributed by atoms with Gasteiger partial charge >= 0.3 is 5.97 Å². The molecule has 0 aromatic carbocycles. The first-order valence-corrected chi connectivity index (χ1v) is 7.10. The monoisotopic (exact) mass is 270 g/mol. The highest BCUT2D eigenvalue weighted by Gasteiger charge is 2.39. The minimum atomic E-state index is -0.762. The molecule has 19 heavy (non-hydrogen) atoms. The lowest BCUT2D eigenvalue weighted by atomic mass is 10.0. The summed E-state index contributed by atoms with van der Waals surface area (Å²) in [5.74, 6) is -0.551. The van der Waals surface area contributed by atoms with Crippen LogP contribution in [0.5, 0.6) is 0 Å². The topological polar surface area (TPSA) is 69.6 Å². The van der Waals surface area contributed by atoms with Gasteiger partial charge < -0.3 is 10.4 Å². The van der Waals surface area contributed by atoms with Crippen molar-refractivity contribution in [2.24, 2.45) is 11.8 Å². The van der Waals surface area contributed by atoms with Gasteiger partial charge in [-0.2, -0.15) is 0 Å². The highest BCUT2D eigenvalue weighted by Crippen LogP contribution is 2.26. The molecule has 2 N–H and O–H groups in total. The Bertz CT molecular complexity index is 331. The normalized spacial score (nSPS) is 25.5. The number of nitrogens with zero attached hydrogens (tertiary/aromatic N) is 1. The van der Waals surface area contributed by atoms with Crippen LogP contribution in [0.1, 0.15) is 40.5 Å². The number of nitrogens with one attached hydrogen (secondary N) is 1. The van der Waals surface area contributed by atoms with E-state index in [1.165, 1.54) is 0 Å². The highest BCUT2D eigenvalue weighted by atomic mass is 16.4. The van der Waals surface area contributed by atoms with E-state index < -0.39 is 5.97 Å². The quantitative estimate of drug-likeness (QED) is 0.764. The van der Waals surface area contributed by atoms with Crippen molar-refractivity contribution in [3.05, 3.63) is 0 Å². The molecule has 1 heterocycles. The number of carboxylic acids is 1. The van der Waals surface area contributed by atoms with Gasteiger partial charge in [-0.05, 0) is 32.6 Å². The van der Waals surface area contributed by atoms with Crippen LogP contribution in [0.4, 0.5) is 0 Å². The van der Waals surface area contributed by atoms with Crippen LogP contribution in [-0.4, -0.2) is 47.1 Å². The summed E-state index contributed by atoms with van der Waals surface area (Å²) in [5.41, 5.74) is 0. The van der Waals surface area contributed by atoms with E-state index in [0.29, 0.717) is 25.4 Å². The Labute approximate surface area is 115 Å². The summed E-state index contributed by atoms with van der Waals surface area (Å²) in [4.78, 5) is 25.1. The van der Waals surface area contributed by atoms with Crippen molar-refractivity contribution < 1.29 is 14.7 Å². The summed E-state index contributed by atoms with van der Waals surface area (Å²) in [6.45, 7) is 9.35. The van der Waals surface area contributed by atoms with E-state index >= 15 is 0 Å². The van der Waals surface area contributed by atoms with Gasteiger partial charge in [-0.15, -0.1) is 0 Å². The maximum Gasteiger partial charge on any atom is 0.308 e. The first-order chi connectivity index (χ1) is 8.84. The molecule has 1 saturated heterocycles. The summed E-state index contributed by atoms with van der Waals surface area (Å²) in [7, 11) is 0. The van der Waals surface area contributed by atoms with Crippen LogP contribution in [0.25, 0.3) is 0 Å². The van der Waals surface area contributed by atoms with Gasteiger partial charge in [0.1, 0.15) is 0 Å². The zero-order valence-electron chi connectivity index (χ0n) is 12.3. The molecule has 0 aliphatic carbocycles. The molecule has 5 nitrogen and oxygen atoms in total. The maximum absolute atomic E-state index is 12.0. The molecule has 5 heteroatoms. The highest BCUT2D eigenvalue weighted by molar-refractivity contribution is 5.81. The number of aliphatic carboxylic acids is 1. The van der Waals surface area contributed by atoms with E-state index in [1.54, 1.807) is 0 Å². The lowest BCUT2D eigenvalue weighted by Crippen LogP contribution is -2.48. The third-order valence-electron chi connectivity index (χ3n) is 4.02. The second-order valence-electron chi connectivity index (χ2n) is 5.86. The number of rotatable bonds is 6. The van der Waals surface area contributed by atoms with E-state index in [9.17, 15) is 9.59 Å². The zero-order chi connectivity index (χ0) is 14.6. The van der Waals surface area contributed by atoms with Gasteiger partial charge in [0.15, 0.2) is 0 Å². The lowest BCUT2D eigenvalue weighted by molar-refractivity contribution is -0.143. The number of carbonyl (C=O) groups is 2. The molecule has 110 valence electrons. The molecule has 0 radical (unpaired) electrons. The fourth-order valence-electron chi connectivity index (χ4n) is 2.62. The Morgan fingerprint density at radius 3 is 2.47 bits per heavy atom. The van der Waals surface area contributed by atoms with Crippen LogP contribution in [0.3, 0.4) is 0 Å². The average Bonchev–Trinajstić information content (AvgIpc) is 2.69. The van der Waals surface area contributed by atoms with Crippen molar-refractivity contribution >= 4 is 11.9 Å². The van der Waals surface area contributed by atoms with Crippen LogP contribution in [0.2, 0.25) is 0 Å². The second kappa shape index (κ2) is 6.89. The van der Waals surface area contributed by atoms with Crippen LogP contribution >= 0.6 is 0 Å². The molecule has 1 fully saturated rings. The van der Waals surface area contributed by atoms with Gasteiger partial charge in [-0.25, -0.2) is 0 Å². The molecular weight excluding hydrogens is 244 g/mol.